The molecule has 1 fully saturated rings. The molecule has 1 aliphatic heterocycles. The summed E-state index contributed by atoms with van der Waals surface area (Å²) in [6.45, 7) is 2.91. The fraction of sp³-hybridized carbons (Fsp3) is 0.938. The minimum Gasteiger partial charge on any atom is -0.343 e. The van der Waals surface area contributed by atoms with Crippen molar-refractivity contribution >= 4 is 5.91 Å². The number of carbonyl (C=O) groups is 1. The minimum atomic E-state index is 0.385. The van der Waals surface area contributed by atoms with Crippen molar-refractivity contribution in [3.8, 4) is 0 Å². The van der Waals surface area contributed by atoms with Crippen LogP contribution in [0.15, 0.2) is 0 Å². The van der Waals surface area contributed by atoms with Gasteiger partial charge in [0, 0.05) is 19.5 Å². The maximum absolute atomic E-state index is 12.2. The van der Waals surface area contributed by atoms with E-state index in [9.17, 15) is 4.79 Å². The van der Waals surface area contributed by atoms with Gasteiger partial charge in [0.05, 0.1) is 0 Å². The topological polar surface area (TPSA) is 32.3 Å². The lowest BCUT2D eigenvalue weighted by molar-refractivity contribution is -0.131. The Kier molecular flexibility index (Phi) is 9.78. The molecule has 0 bridgehead atoms. The second kappa shape index (κ2) is 11.3. The summed E-state index contributed by atoms with van der Waals surface area (Å²) in [5.74, 6) is 0.385. The quantitative estimate of drug-likeness (QED) is 0.793. The van der Waals surface area contributed by atoms with Gasteiger partial charge in [-0.3, -0.25) is 4.79 Å². The van der Waals surface area contributed by atoms with Crippen molar-refractivity contribution in [2.75, 3.05) is 26.7 Å². The standard InChI is InChI=1S/C16H32N2O/c1-17-13-11-15-18-14-10-8-6-4-2-3-5-7-9-12-16(18)19/h17H,2-15H2,1H3. The van der Waals surface area contributed by atoms with Crippen LogP contribution in [0.1, 0.15) is 70.6 Å². The van der Waals surface area contributed by atoms with E-state index in [1.54, 1.807) is 0 Å². The van der Waals surface area contributed by atoms with Crippen molar-refractivity contribution in [1.82, 2.24) is 10.2 Å². The van der Waals surface area contributed by atoms with E-state index >= 15 is 0 Å². The molecule has 1 heterocycles. The van der Waals surface area contributed by atoms with Gasteiger partial charge in [0.25, 0.3) is 0 Å². The number of hydrogen-bond acceptors (Lipinski definition) is 2. The molecule has 1 amide bonds. The third kappa shape index (κ3) is 8.25. The predicted molar refractivity (Wildman–Crippen MR) is 81.3 cm³/mol. The molecule has 0 atom stereocenters. The first-order valence-electron chi connectivity index (χ1n) is 8.27. The minimum absolute atomic E-state index is 0.385. The molecule has 0 unspecified atom stereocenters. The summed E-state index contributed by atoms with van der Waals surface area (Å²) in [6, 6.07) is 0. The van der Waals surface area contributed by atoms with Gasteiger partial charge >= 0.3 is 0 Å². The summed E-state index contributed by atoms with van der Waals surface area (Å²) in [4.78, 5) is 14.3. The molecule has 1 N–H and O–H groups in total. The first-order chi connectivity index (χ1) is 9.34. The zero-order valence-corrected chi connectivity index (χ0v) is 12.8. The molecule has 0 spiro atoms. The second-order valence-corrected chi connectivity index (χ2v) is 5.77. The highest BCUT2D eigenvalue weighted by Gasteiger charge is 2.12. The molecule has 1 rings (SSSR count). The number of nitrogens with one attached hydrogen (secondary N) is 1. The number of nitrogens with zero attached hydrogens (tertiary/aromatic N) is 1. The molecule has 3 heteroatoms. The van der Waals surface area contributed by atoms with E-state index in [0.717, 1.165) is 38.9 Å². The molecular weight excluding hydrogens is 236 g/mol. The monoisotopic (exact) mass is 268 g/mol. The van der Waals surface area contributed by atoms with Gasteiger partial charge in [0.15, 0.2) is 0 Å². The van der Waals surface area contributed by atoms with Crippen LogP contribution in [0.4, 0.5) is 0 Å². The van der Waals surface area contributed by atoms with Crippen LogP contribution in [0.5, 0.6) is 0 Å². The molecule has 19 heavy (non-hydrogen) atoms. The predicted octanol–water partition coefficient (Wildman–Crippen LogP) is 3.34. The Balaban J connectivity index is 2.36. The summed E-state index contributed by atoms with van der Waals surface area (Å²) in [5, 5.41) is 3.16. The fourth-order valence-electron chi connectivity index (χ4n) is 2.78. The number of rotatable bonds is 4. The lowest BCUT2D eigenvalue weighted by Crippen LogP contribution is -2.34. The average Bonchev–Trinajstić information content (AvgIpc) is 2.43. The van der Waals surface area contributed by atoms with E-state index in [2.05, 4.69) is 10.2 Å². The van der Waals surface area contributed by atoms with Crippen molar-refractivity contribution in [3.05, 3.63) is 0 Å². The Hall–Kier alpha value is -0.570. The molecule has 0 saturated carbocycles. The maximum Gasteiger partial charge on any atom is 0.222 e. The Morgan fingerprint density at radius 2 is 1.53 bits per heavy atom. The molecule has 0 aliphatic carbocycles. The van der Waals surface area contributed by atoms with Gasteiger partial charge in [0.2, 0.25) is 5.91 Å². The van der Waals surface area contributed by atoms with Crippen molar-refractivity contribution in [2.24, 2.45) is 0 Å². The van der Waals surface area contributed by atoms with E-state index in [4.69, 9.17) is 0 Å². The second-order valence-electron chi connectivity index (χ2n) is 5.77. The highest BCUT2D eigenvalue weighted by molar-refractivity contribution is 5.76. The Morgan fingerprint density at radius 1 is 0.947 bits per heavy atom. The van der Waals surface area contributed by atoms with E-state index in [1.165, 1.54) is 51.4 Å². The first-order valence-corrected chi connectivity index (χ1v) is 8.27. The third-order valence-corrected chi connectivity index (χ3v) is 4.03. The zero-order valence-electron chi connectivity index (χ0n) is 12.8. The SMILES string of the molecule is CNCCCN1CCCCCCCCCCCC1=O. The highest BCUT2D eigenvalue weighted by atomic mass is 16.2. The third-order valence-electron chi connectivity index (χ3n) is 4.03. The molecule has 1 saturated heterocycles. The Bertz CT molecular complexity index is 231. The van der Waals surface area contributed by atoms with Gasteiger partial charge in [-0.25, -0.2) is 0 Å². The Labute approximate surface area is 119 Å². The summed E-state index contributed by atoms with van der Waals surface area (Å²) < 4.78 is 0. The number of hydrogen-bond donors (Lipinski definition) is 1. The van der Waals surface area contributed by atoms with Crippen LogP contribution in [0.2, 0.25) is 0 Å². The summed E-state index contributed by atoms with van der Waals surface area (Å²) in [7, 11) is 1.97. The molecule has 0 aromatic heterocycles. The van der Waals surface area contributed by atoms with Gasteiger partial charge in [-0.1, -0.05) is 44.9 Å². The van der Waals surface area contributed by atoms with Gasteiger partial charge in [-0.05, 0) is 32.9 Å². The lowest BCUT2D eigenvalue weighted by Gasteiger charge is -2.23. The number of carbonyl (C=O) groups excluding carboxylic acids is 1. The van der Waals surface area contributed by atoms with Gasteiger partial charge < -0.3 is 10.2 Å². The van der Waals surface area contributed by atoms with Gasteiger partial charge in [0.1, 0.15) is 0 Å². The number of amides is 1. The lowest BCUT2D eigenvalue weighted by atomic mass is 10.1. The summed E-state index contributed by atoms with van der Waals surface area (Å²) in [6.07, 6.45) is 13.4. The van der Waals surface area contributed by atoms with Crippen LogP contribution in [0.3, 0.4) is 0 Å². The van der Waals surface area contributed by atoms with Crippen LogP contribution >= 0.6 is 0 Å². The van der Waals surface area contributed by atoms with Crippen molar-refractivity contribution in [2.45, 2.75) is 70.6 Å². The fourth-order valence-corrected chi connectivity index (χ4v) is 2.78. The maximum atomic E-state index is 12.2. The van der Waals surface area contributed by atoms with Crippen LogP contribution in [-0.2, 0) is 4.79 Å². The van der Waals surface area contributed by atoms with E-state index in [0.29, 0.717) is 5.91 Å². The Morgan fingerprint density at radius 3 is 2.16 bits per heavy atom. The molecule has 3 nitrogen and oxygen atoms in total. The van der Waals surface area contributed by atoms with E-state index in [1.807, 2.05) is 7.05 Å². The molecule has 0 aromatic carbocycles. The highest BCUT2D eigenvalue weighted by Crippen LogP contribution is 2.13. The molecular formula is C16H32N2O. The first kappa shape index (κ1) is 16.5. The van der Waals surface area contributed by atoms with Gasteiger partial charge in [-0.15, -0.1) is 0 Å². The molecule has 1 aliphatic rings. The van der Waals surface area contributed by atoms with E-state index in [-0.39, 0.29) is 0 Å². The van der Waals surface area contributed by atoms with Crippen LogP contribution in [0.25, 0.3) is 0 Å². The molecule has 112 valence electrons. The van der Waals surface area contributed by atoms with Crippen LogP contribution < -0.4 is 5.32 Å². The average molecular weight is 268 g/mol. The summed E-state index contributed by atoms with van der Waals surface area (Å²) in [5.41, 5.74) is 0. The normalized spacial score (nSPS) is 20.5. The smallest absolute Gasteiger partial charge is 0.222 e. The largest absolute Gasteiger partial charge is 0.343 e. The van der Waals surface area contributed by atoms with Gasteiger partial charge in [-0.2, -0.15) is 0 Å². The summed E-state index contributed by atoms with van der Waals surface area (Å²) >= 11 is 0. The zero-order chi connectivity index (χ0) is 13.8. The van der Waals surface area contributed by atoms with Crippen molar-refractivity contribution < 1.29 is 4.79 Å². The molecule has 0 aromatic rings. The van der Waals surface area contributed by atoms with Crippen LogP contribution in [-0.4, -0.2) is 37.5 Å². The molecule has 0 radical (unpaired) electrons. The van der Waals surface area contributed by atoms with Crippen molar-refractivity contribution in [1.29, 1.82) is 0 Å². The van der Waals surface area contributed by atoms with Crippen molar-refractivity contribution in [3.63, 3.8) is 0 Å². The van der Waals surface area contributed by atoms with E-state index < -0.39 is 0 Å². The van der Waals surface area contributed by atoms with Crippen LogP contribution in [0, 0.1) is 0 Å².